The minimum Gasteiger partial charge on any atom is -0.415 e. The van der Waals surface area contributed by atoms with Gasteiger partial charge in [-0.1, -0.05) is 18.2 Å². The van der Waals surface area contributed by atoms with Crippen LogP contribution >= 0.6 is 0 Å². The zero-order valence-electron chi connectivity index (χ0n) is 11.8. The number of rotatable bonds is 4. The molecule has 2 aromatic rings. The van der Waals surface area contributed by atoms with Gasteiger partial charge in [-0.3, -0.25) is 4.79 Å². The summed E-state index contributed by atoms with van der Waals surface area (Å²) in [7, 11) is 0. The molecule has 3 rings (SSSR count). The molecular formula is C15H19N4O2+. The maximum atomic E-state index is 11.3. The molecule has 2 atom stereocenters. The topological polar surface area (TPSA) is 86.5 Å². The molecule has 0 radical (unpaired) electrons. The van der Waals surface area contributed by atoms with Crippen LogP contribution in [0.1, 0.15) is 18.7 Å². The number of likely N-dealkylation sites (tertiary alicyclic amines) is 1. The number of quaternary nitrogens is 1. The van der Waals surface area contributed by atoms with Gasteiger partial charge in [0.15, 0.2) is 6.54 Å². The smallest absolute Gasteiger partial charge is 0.271 e. The third-order valence-electron chi connectivity index (χ3n) is 3.91. The van der Waals surface area contributed by atoms with E-state index in [9.17, 15) is 4.79 Å². The molecule has 0 aliphatic carbocycles. The molecule has 1 aromatic carbocycles. The third kappa shape index (κ3) is 3.28. The predicted molar refractivity (Wildman–Crippen MR) is 76.1 cm³/mol. The van der Waals surface area contributed by atoms with Crippen LogP contribution in [0.15, 0.2) is 34.7 Å². The Labute approximate surface area is 123 Å². The van der Waals surface area contributed by atoms with Crippen molar-refractivity contribution in [3.8, 4) is 11.5 Å². The van der Waals surface area contributed by atoms with Crippen LogP contribution in [0.5, 0.6) is 0 Å². The van der Waals surface area contributed by atoms with E-state index in [1.807, 2.05) is 30.3 Å². The number of carbonyl (C=O) groups is 1. The first-order chi connectivity index (χ1) is 10.2. The summed E-state index contributed by atoms with van der Waals surface area (Å²) in [6, 6.07) is 9.70. The highest BCUT2D eigenvalue weighted by molar-refractivity contribution is 5.76. The van der Waals surface area contributed by atoms with Crippen LogP contribution in [0.3, 0.4) is 0 Å². The lowest BCUT2D eigenvalue weighted by Crippen LogP contribution is -3.12. The Kier molecular flexibility index (Phi) is 3.96. The second-order valence-corrected chi connectivity index (χ2v) is 5.49. The van der Waals surface area contributed by atoms with Gasteiger partial charge in [0, 0.05) is 5.56 Å². The van der Waals surface area contributed by atoms with Crippen LogP contribution < -0.4 is 10.6 Å². The Morgan fingerprint density at radius 2 is 2.14 bits per heavy atom. The fraction of sp³-hybridized carbons (Fsp3) is 0.400. The molecule has 6 nitrogen and oxygen atoms in total. The number of hydrogen-bond acceptors (Lipinski definition) is 4. The van der Waals surface area contributed by atoms with Crippen molar-refractivity contribution in [2.24, 2.45) is 11.7 Å². The molecule has 1 fully saturated rings. The van der Waals surface area contributed by atoms with Crippen molar-refractivity contribution in [3.63, 3.8) is 0 Å². The van der Waals surface area contributed by atoms with Crippen molar-refractivity contribution in [3.05, 3.63) is 36.2 Å². The van der Waals surface area contributed by atoms with Crippen molar-refractivity contribution in [1.29, 1.82) is 0 Å². The lowest BCUT2D eigenvalue weighted by Gasteiger charge is -2.26. The summed E-state index contributed by atoms with van der Waals surface area (Å²) in [6.07, 6.45) is 1.89. The van der Waals surface area contributed by atoms with E-state index >= 15 is 0 Å². The molecule has 1 saturated heterocycles. The first-order valence-corrected chi connectivity index (χ1v) is 7.23. The third-order valence-corrected chi connectivity index (χ3v) is 3.91. The van der Waals surface area contributed by atoms with E-state index in [-0.39, 0.29) is 11.8 Å². The molecular weight excluding hydrogens is 268 g/mol. The maximum absolute atomic E-state index is 11.3. The second kappa shape index (κ2) is 6.05. The summed E-state index contributed by atoms with van der Waals surface area (Å²) in [5, 5.41) is 8.19. The quantitative estimate of drug-likeness (QED) is 0.830. The number of nitrogens with two attached hydrogens (primary N) is 1. The van der Waals surface area contributed by atoms with Gasteiger partial charge in [-0.25, -0.2) is 0 Å². The number of aromatic nitrogens is 2. The lowest BCUT2D eigenvalue weighted by atomic mass is 9.97. The predicted octanol–water partition coefficient (Wildman–Crippen LogP) is 0.0168. The van der Waals surface area contributed by atoms with Gasteiger partial charge >= 0.3 is 0 Å². The molecule has 1 aromatic heterocycles. The van der Waals surface area contributed by atoms with Gasteiger partial charge in [0.05, 0.1) is 19.0 Å². The fourth-order valence-corrected chi connectivity index (χ4v) is 2.79. The molecule has 110 valence electrons. The summed E-state index contributed by atoms with van der Waals surface area (Å²) in [5.74, 6) is 0.899. The highest BCUT2D eigenvalue weighted by atomic mass is 16.4. The van der Waals surface area contributed by atoms with E-state index in [0.717, 1.165) is 31.5 Å². The van der Waals surface area contributed by atoms with Crippen molar-refractivity contribution < 1.29 is 14.1 Å². The van der Waals surface area contributed by atoms with Gasteiger partial charge in [0.2, 0.25) is 11.8 Å². The number of benzene rings is 1. The largest absolute Gasteiger partial charge is 0.415 e. The number of nitrogens with zero attached hydrogens (tertiary/aromatic N) is 2. The van der Waals surface area contributed by atoms with Crippen LogP contribution in [-0.2, 0) is 11.3 Å². The SMILES string of the molecule is NC(=O)[C@@H]1CCC[NH+](Cc2nnc(-c3ccccc3)o2)C1. The van der Waals surface area contributed by atoms with Crippen LogP contribution in [0.25, 0.3) is 11.5 Å². The summed E-state index contributed by atoms with van der Waals surface area (Å²) in [6.45, 7) is 2.40. The summed E-state index contributed by atoms with van der Waals surface area (Å²) in [5.41, 5.74) is 6.32. The number of amides is 1. The van der Waals surface area contributed by atoms with Crippen molar-refractivity contribution in [1.82, 2.24) is 10.2 Å². The van der Waals surface area contributed by atoms with Gasteiger partial charge in [0.1, 0.15) is 0 Å². The monoisotopic (exact) mass is 287 g/mol. The number of primary amides is 1. The van der Waals surface area contributed by atoms with Crippen LogP contribution in [0.2, 0.25) is 0 Å². The Bertz CT molecular complexity index is 611. The number of hydrogen-bond donors (Lipinski definition) is 2. The molecule has 1 unspecified atom stereocenters. The maximum Gasteiger partial charge on any atom is 0.271 e. The zero-order valence-corrected chi connectivity index (χ0v) is 11.8. The Morgan fingerprint density at radius 3 is 2.90 bits per heavy atom. The molecule has 0 spiro atoms. The van der Waals surface area contributed by atoms with Gasteiger partial charge < -0.3 is 15.1 Å². The van der Waals surface area contributed by atoms with E-state index in [0.29, 0.717) is 18.3 Å². The molecule has 2 heterocycles. The molecule has 1 aliphatic rings. The number of nitrogens with one attached hydrogen (secondary N) is 1. The number of piperidine rings is 1. The lowest BCUT2D eigenvalue weighted by molar-refractivity contribution is -0.922. The van der Waals surface area contributed by atoms with E-state index in [2.05, 4.69) is 10.2 Å². The van der Waals surface area contributed by atoms with E-state index < -0.39 is 0 Å². The highest BCUT2D eigenvalue weighted by Crippen LogP contribution is 2.16. The minimum absolute atomic E-state index is 0.0368. The van der Waals surface area contributed by atoms with Gasteiger partial charge in [0.25, 0.3) is 5.89 Å². The van der Waals surface area contributed by atoms with Gasteiger partial charge in [-0.15, -0.1) is 10.2 Å². The Morgan fingerprint density at radius 1 is 1.33 bits per heavy atom. The highest BCUT2D eigenvalue weighted by Gasteiger charge is 2.28. The fourth-order valence-electron chi connectivity index (χ4n) is 2.79. The van der Waals surface area contributed by atoms with Crippen LogP contribution in [-0.4, -0.2) is 29.2 Å². The Balaban J connectivity index is 1.66. The van der Waals surface area contributed by atoms with E-state index in [1.165, 1.54) is 4.90 Å². The van der Waals surface area contributed by atoms with Crippen LogP contribution in [0.4, 0.5) is 0 Å². The summed E-state index contributed by atoms with van der Waals surface area (Å²) >= 11 is 0. The minimum atomic E-state index is -0.206. The molecule has 3 N–H and O–H groups in total. The zero-order chi connectivity index (χ0) is 14.7. The molecule has 1 amide bonds. The summed E-state index contributed by atoms with van der Waals surface area (Å²) < 4.78 is 5.71. The average Bonchev–Trinajstić information content (AvgIpc) is 2.97. The first-order valence-electron chi connectivity index (χ1n) is 7.23. The van der Waals surface area contributed by atoms with Gasteiger partial charge in [-0.05, 0) is 25.0 Å². The van der Waals surface area contributed by atoms with Crippen molar-refractivity contribution in [2.75, 3.05) is 13.1 Å². The summed E-state index contributed by atoms with van der Waals surface area (Å²) in [4.78, 5) is 12.6. The number of carbonyl (C=O) groups excluding carboxylic acids is 1. The van der Waals surface area contributed by atoms with Crippen molar-refractivity contribution >= 4 is 5.91 Å². The van der Waals surface area contributed by atoms with Crippen LogP contribution in [0, 0.1) is 5.92 Å². The second-order valence-electron chi connectivity index (χ2n) is 5.49. The van der Waals surface area contributed by atoms with E-state index in [4.69, 9.17) is 10.2 Å². The average molecular weight is 287 g/mol. The first kappa shape index (κ1) is 13.8. The normalized spacial score (nSPS) is 22.1. The van der Waals surface area contributed by atoms with Crippen molar-refractivity contribution in [2.45, 2.75) is 19.4 Å². The Hall–Kier alpha value is -2.21. The molecule has 0 bridgehead atoms. The standard InChI is InChI=1S/C15H18N4O2/c16-14(20)12-7-4-8-19(9-12)10-13-17-18-15(21-13)11-5-2-1-3-6-11/h1-3,5-6,12H,4,7-10H2,(H2,16,20)/p+1/t12-/m1/s1. The molecule has 6 heteroatoms. The van der Waals surface area contributed by atoms with Gasteiger partial charge in [-0.2, -0.15) is 0 Å². The molecule has 21 heavy (non-hydrogen) atoms. The molecule has 1 aliphatic heterocycles. The van der Waals surface area contributed by atoms with E-state index in [1.54, 1.807) is 0 Å². The molecule has 0 saturated carbocycles.